The summed E-state index contributed by atoms with van der Waals surface area (Å²) in [6.45, 7) is 10.6. The van der Waals surface area contributed by atoms with Gasteiger partial charge in [0, 0.05) is 56.6 Å². The monoisotopic (exact) mass is 290 g/mol. The lowest BCUT2D eigenvalue weighted by atomic mass is 9.87. The highest BCUT2D eigenvalue weighted by Gasteiger charge is 2.48. The van der Waals surface area contributed by atoms with Crippen LogP contribution in [-0.4, -0.2) is 45.9 Å². The molecule has 2 fully saturated rings. The standard InChI is InChI=1S/C17H30N4/c1-13(2)16-11-21(10-8-15-7-9-19-20(15)4)17(3,12-18-16)14-5-6-14/h7,9,13-14,16,18H,5-6,8,10-12H2,1-4H3. The highest BCUT2D eigenvalue weighted by molar-refractivity contribution is 5.07. The maximum Gasteiger partial charge on any atom is 0.0492 e. The summed E-state index contributed by atoms with van der Waals surface area (Å²) < 4.78 is 2.01. The predicted molar refractivity (Wildman–Crippen MR) is 86.2 cm³/mol. The molecule has 1 saturated heterocycles. The molecule has 0 aromatic carbocycles. The zero-order chi connectivity index (χ0) is 15.0. The number of hydrogen-bond donors (Lipinski definition) is 1. The van der Waals surface area contributed by atoms with Gasteiger partial charge in [0.2, 0.25) is 0 Å². The van der Waals surface area contributed by atoms with Crippen molar-refractivity contribution in [2.45, 2.75) is 51.6 Å². The molecule has 1 N–H and O–H groups in total. The van der Waals surface area contributed by atoms with Crippen molar-refractivity contribution < 1.29 is 0 Å². The summed E-state index contributed by atoms with van der Waals surface area (Å²) >= 11 is 0. The molecule has 2 heterocycles. The van der Waals surface area contributed by atoms with Gasteiger partial charge in [-0.3, -0.25) is 9.58 Å². The number of aryl methyl sites for hydroxylation is 1. The first-order valence-corrected chi connectivity index (χ1v) is 8.46. The Morgan fingerprint density at radius 3 is 2.76 bits per heavy atom. The van der Waals surface area contributed by atoms with Crippen molar-refractivity contribution in [3.63, 3.8) is 0 Å². The highest BCUT2D eigenvalue weighted by Crippen LogP contribution is 2.44. The van der Waals surface area contributed by atoms with Crippen LogP contribution in [0.25, 0.3) is 0 Å². The molecule has 2 aliphatic rings. The molecule has 118 valence electrons. The van der Waals surface area contributed by atoms with Crippen molar-refractivity contribution in [2.24, 2.45) is 18.9 Å². The number of aromatic nitrogens is 2. The maximum absolute atomic E-state index is 4.29. The third kappa shape index (κ3) is 3.02. The first kappa shape index (κ1) is 15.0. The van der Waals surface area contributed by atoms with Gasteiger partial charge in [-0.15, -0.1) is 0 Å². The second-order valence-corrected chi connectivity index (χ2v) is 7.51. The average Bonchev–Trinajstić information content (AvgIpc) is 3.22. The van der Waals surface area contributed by atoms with Gasteiger partial charge in [0.05, 0.1) is 0 Å². The minimum Gasteiger partial charge on any atom is -0.311 e. The Kier molecular flexibility index (Phi) is 4.10. The van der Waals surface area contributed by atoms with E-state index in [1.165, 1.54) is 25.1 Å². The molecular weight excluding hydrogens is 260 g/mol. The summed E-state index contributed by atoms with van der Waals surface area (Å²) in [5.41, 5.74) is 1.69. The fourth-order valence-corrected chi connectivity index (χ4v) is 3.76. The molecule has 4 nitrogen and oxygen atoms in total. The van der Waals surface area contributed by atoms with Gasteiger partial charge in [-0.25, -0.2) is 0 Å². The zero-order valence-corrected chi connectivity index (χ0v) is 14.0. The number of nitrogens with one attached hydrogen (secondary N) is 1. The van der Waals surface area contributed by atoms with E-state index in [9.17, 15) is 0 Å². The van der Waals surface area contributed by atoms with E-state index in [0.29, 0.717) is 17.5 Å². The Bertz CT molecular complexity index is 477. The summed E-state index contributed by atoms with van der Waals surface area (Å²) in [5.74, 6) is 1.60. The Hall–Kier alpha value is -0.870. The van der Waals surface area contributed by atoms with E-state index < -0.39 is 0 Å². The Morgan fingerprint density at radius 2 is 2.19 bits per heavy atom. The molecule has 1 aliphatic heterocycles. The van der Waals surface area contributed by atoms with Gasteiger partial charge in [0.1, 0.15) is 0 Å². The largest absolute Gasteiger partial charge is 0.311 e. The van der Waals surface area contributed by atoms with Crippen LogP contribution >= 0.6 is 0 Å². The quantitative estimate of drug-likeness (QED) is 0.901. The predicted octanol–water partition coefficient (Wildman–Crippen LogP) is 2.06. The molecule has 0 spiro atoms. The van der Waals surface area contributed by atoms with E-state index in [1.54, 1.807) is 0 Å². The topological polar surface area (TPSA) is 33.1 Å². The lowest BCUT2D eigenvalue weighted by molar-refractivity contribution is 0.0262. The molecule has 2 atom stereocenters. The highest BCUT2D eigenvalue weighted by atomic mass is 15.3. The second kappa shape index (κ2) is 5.73. The molecule has 3 rings (SSSR count). The molecule has 1 saturated carbocycles. The van der Waals surface area contributed by atoms with Crippen LogP contribution in [0.15, 0.2) is 12.3 Å². The molecule has 1 aliphatic carbocycles. The van der Waals surface area contributed by atoms with Crippen LogP contribution in [0.2, 0.25) is 0 Å². The smallest absolute Gasteiger partial charge is 0.0492 e. The molecular formula is C17H30N4. The van der Waals surface area contributed by atoms with Gasteiger partial charge < -0.3 is 5.32 Å². The lowest BCUT2D eigenvalue weighted by Gasteiger charge is -2.49. The Morgan fingerprint density at radius 1 is 1.43 bits per heavy atom. The molecule has 0 bridgehead atoms. The molecule has 1 aromatic rings. The first-order chi connectivity index (χ1) is 10.0. The van der Waals surface area contributed by atoms with Crippen molar-refractivity contribution in [1.29, 1.82) is 0 Å². The molecule has 0 amide bonds. The third-order valence-corrected chi connectivity index (χ3v) is 5.68. The Balaban J connectivity index is 1.69. The Labute approximate surface area is 128 Å². The van der Waals surface area contributed by atoms with Crippen molar-refractivity contribution in [1.82, 2.24) is 20.0 Å². The fraction of sp³-hybridized carbons (Fsp3) is 0.824. The number of piperazine rings is 1. The van der Waals surface area contributed by atoms with Gasteiger partial charge >= 0.3 is 0 Å². The van der Waals surface area contributed by atoms with E-state index in [-0.39, 0.29) is 0 Å². The summed E-state index contributed by atoms with van der Waals surface area (Å²) in [6, 6.07) is 2.78. The fourth-order valence-electron chi connectivity index (χ4n) is 3.76. The van der Waals surface area contributed by atoms with E-state index in [2.05, 4.69) is 42.2 Å². The van der Waals surface area contributed by atoms with Crippen molar-refractivity contribution in [3.05, 3.63) is 18.0 Å². The number of rotatable bonds is 5. The van der Waals surface area contributed by atoms with Crippen LogP contribution in [0.1, 0.15) is 39.3 Å². The normalized spacial score (nSPS) is 31.0. The average molecular weight is 290 g/mol. The summed E-state index contributed by atoms with van der Waals surface area (Å²) in [7, 11) is 2.05. The zero-order valence-electron chi connectivity index (χ0n) is 14.0. The minimum atomic E-state index is 0.351. The molecule has 1 aromatic heterocycles. The first-order valence-electron chi connectivity index (χ1n) is 8.46. The maximum atomic E-state index is 4.29. The van der Waals surface area contributed by atoms with E-state index >= 15 is 0 Å². The number of hydrogen-bond acceptors (Lipinski definition) is 3. The lowest BCUT2D eigenvalue weighted by Crippen LogP contribution is -2.65. The van der Waals surface area contributed by atoms with Crippen LogP contribution in [-0.2, 0) is 13.5 Å². The van der Waals surface area contributed by atoms with E-state index in [4.69, 9.17) is 0 Å². The second-order valence-electron chi connectivity index (χ2n) is 7.51. The van der Waals surface area contributed by atoms with Crippen LogP contribution < -0.4 is 5.32 Å². The van der Waals surface area contributed by atoms with Crippen molar-refractivity contribution in [2.75, 3.05) is 19.6 Å². The van der Waals surface area contributed by atoms with Gasteiger partial charge in [-0.2, -0.15) is 5.10 Å². The summed E-state index contributed by atoms with van der Waals surface area (Å²) in [4.78, 5) is 2.76. The van der Waals surface area contributed by atoms with Gasteiger partial charge in [0.15, 0.2) is 0 Å². The van der Waals surface area contributed by atoms with Gasteiger partial charge in [0.25, 0.3) is 0 Å². The number of nitrogens with zero attached hydrogens (tertiary/aromatic N) is 3. The van der Waals surface area contributed by atoms with E-state index in [1.807, 2.05) is 17.9 Å². The molecule has 2 unspecified atom stereocenters. The van der Waals surface area contributed by atoms with Crippen LogP contribution in [0.5, 0.6) is 0 Å². The van der Waals surface area contributed by atoms with Gasteiger partial charge in [-0.05, 0) is 37.7 Å². The molecule has 21 heavy (non-hydrogen) atoms. The van der Waals surface area contributed by atoms with Gasteiger partial charge in [-0.1, -0.05) is 13.8 Å². The SMILES string of the molecule is CC(C)C1CN(CCc2ccnn2C)C(C)(C2CC2)CN1. The van der Waals surface area contributed by atoms with Crippen molar-refractivity contribution in [3.8, 4) is 0 Å². The summed E-state index contributed by atoms with van der Waals surface area (Å²) in [6.07, 6.45) is 5.83. The molecule has 4 heteroatoms. The van der Waals surface area contributed by atoms with E-state index in [0.717, 1.165) is 25.4 Å². The van der Waals surface area contributed by atoms with Crippen LogP contribution in [0.4, 0.5) is 0 Å². The minimum absolute atomic E-state index is 0.351. The van der Waals surface area contributed by atoms with Crippen molar-refractivity contribution >= 4 is 0 Å². The third-order valence-electron chi connectivity index (χ3n) is 5.68. The van der Waals surface area contributed by atoms with Crippen LogP contribution in [0, 0.1) is 11.8 Å². The summed E-state index contributed by atoms with van der Waals surface area (Å²) in [5, 5.41) is 8.10. The molecule has 0 radical (unpaired) electrons. The van der Waals surface area contributed by atoms with Crippen LogP contribution in [0.3, 0.4) is 0 Å².